The standard InChI is InChI=1S/C23H21N3O2S2/c1-16-24-18(15-29-16)14-28-20-9-5-3-7-17(20)11-12-23(27)26(2)13-22-25-19-8-4-6-10-21(19)30-22/h3-12,15H,13-14H2,1-2H3/b12-11+. The molecule has 2 aromatic carbocycles. The molecule has 0 unspecified atom stereocenters. The zero-order chi connectivity index (χ0) is 20.9. The number of amides is 1. The van der Waals surface area contributed by atoms with Gasteiger partial charge in [0.05, 0.1) is 27.5 Å². The van der Waals surface area contributed by atoms with Gasteiger partial charge in [0.15, 0.2) is 0 Å². The van der Waals surface area contributed by atoms with E-state index in [-0.39, 0.29) is 5.91 Å². The predicted octanol–water partition coefficient (Wildman–Crippen LogP) is 5.31. The van der Waals surface area contributed by atoms with Crippen LogP contribution in [0.3, 0.4) is 0 Å². The van der Waals surface area contributed by atoms with Crippen LogP contribution < -0.4 is 4.74 Å². The number of likely N-dealkylation sites (N-methyl/N-ethyl adjacent to an activating group) is 1. The van der Waals surface area contributed by atoms with Gasteiger partial charge in [-0.05, 0) is 31.2 Å². The minimum Gasteiger partial charge on any atom is -0.487 e. The molecule has 0 saturated carbocycles. The van der Waals surface area contributed by atoms with E-state index in [1.54, 1.807) is 46.8 Å². The minimum absolute atomic E-state index is 0.0841. The van der Waals surface area contributed by atoms with Crippen molar-refractivity contribution in [1.29, 1.82) is 0 Å². The van der Waals surface area contributed by atoms with Crippen LogP contribution in [0.15, 0.2) is 60.0 Å². The Morgan fingerprint density at radius 2 is 1.93 bits per heavy atom. The molecule has 4 rings (SSSR count). The van der Waals surface area contributed by atoms with Crippen LogP contribution in [0.25, 0.3) is 16.3 Å². The summed E-state index contributed by atoms with van der Waals surface area (Å²) < 4.78 is 7.05. The van der Waals surface area contributed by atoms with E-state index in [1.165, 1.54) is 0 Å². The molecule has 0 atom stereocenters. The molecular weight excluding hydrogens is 414 g/mol. The number of nitrogens with zero attached hydrogens (tertiary/aromatic N) is 3. The summed E-state index contributed by atoms with van der Waals surface area (Å²) >= 11 is 3.22. The lowest BCUT2D eigenvalue weighted by molar-refractivity contribution is -0.125. The molecule has 0 aliphatic heterocycles. The first-order valence-electron chi connectivity index (χ1n) is 9.49. The van der Waals surface area contributed by atoms with Crippen molar-refractivity contribution in [2.24, 2.45) is 0 Å². The zero-order valence-corrected chi connectivity index (χ0v) is 18.4. The molecule has 1 amide bonds. The van der Waals surface area contributed by atoms with Crippen molar-refractivity contribution in [3.63, 3.8) is 0 Å². The summed E-state index contributed by atoms with van der Waals surface area (Å²) in [4.78, 5) is 23.3. The van der Waals surface area contributed by atoms with Crippen molar-refractivity contribution < 1.29 is 9.53 Å². The predicted molar refractivity (Wildman–Crippen MR) is 123 cm³/mol. The van der Waals surface area contributed by atoms with Crippen molar-refractivity contribution >= 4 is 44.9 Å². The molecule has 2 heterocycles. The summed E-state index contributed by atoms with van der Waals surface area (Å²) in [5.74, 6) is 0.639. The second-order valence-corrected chi connectivity index (χ2v) is 8.96. The lowest BCUT2D eigenvalue weighted by Crippen LogP contribution is -2.23. The van der Waals surface area contributed by atoms with Crippen LogP contribution in [0.1, 0.15) is 21.3 Å². The Bertz CT molecular complexity index is 1160. The third kappa shape index (κ3) is 4.93. The minimum atomic E-state index is -0.0841. The third-order valence-corrected chi connectivity index (χ3v) is 6.30. The first-order valence-corrected chi connectivity index (χ1v) is 11.2. The number of ether oxygens (including phenoxy) is 1. The van der Waals surface area contributed by atoms with Crippen LogP contribution in [0.2, 0.25) is 0 Å². The van der Waals surface area contributed by atoms with E-state index < -0.39 is 0 Å². The Labute approximate surface area is 183 Å². The van der Waals surface area contributed by atoms with Crippen molar-refractivity contribution in [3.8, 4) is 5.75 Å². The van der Waals surface area contributed by atoms with E-state index in [4.69, 9.17) is 4.74 Å². The second kappa shape index (κ2) is 9.19. The number of carbonyl (C=O) groups excluding carboxylic acids is 1. The molecule has 0 spiro atoms. The smallest absolute Gasteiger partial charge is 0.246 e. The largest absolute Gasteiger partial charge is 0.487 e. The fraction of sp³-hybridized carbons (Fsp3) is 0.174. The van der Waals surface area contributed by atoms with Crippen LogP contribution in [0.4, 0.5) is 0 Å². The fourth-order valence-electron chi connectivity index (χ4n) is 2.93. The summed E-state index contributed by atoms with van der Waals surface area (Å²) in [6.45, 7) is 2.85. The van der Waals surface area contributed by atoms with E-state index in [9.17, 15) is 4.79 Å². The SMILES string of the molecule is Cc1nc(COc2ccccc2/C=C/C(=O)N(C)Cc2nc3ccccc3s2)cs1. The number of carbonyl (C=O) groups is 1. The quantitative estimate of drug-likeness (QED) is 0.369. The number of rotatable bonds is 7. The number of para-hydroxylation sites is 2. The van der Waals surface area contributed by atoms with Gasteiger partial charge in [-0.1, -0.05) is 30.3 Å². The molecule has 7 heteroatoms. The molecule has 2 aromatic heterocycles. The Kier molecular flexibility index (Phi) is 6.21. The maximum atomic E-state index is 12.6. The molecule has 0 aliphatic rings. The number of hydrogen-bond acceptors (Lipinski definition) is 6. The van der Waals surface area contributed by atoms with E-state index in [0.29, 0.717) is 13.2 Å². The average Bonchev–Trinajstić information content (AvgIpc) is 3.36. The van der Waals surface area contributed by atoms with Crippen molar-refractivity contribution in [3.05, 3.63) is 81.3 Å². The van der Waals surface area contributed by atoms with Crippen LogP contribution in [-0.4, -0.2) is 27.8 Å². The van der Waals surface area contributed by atoms with Gasteiger partial charge in [-0.2, -0.15) is 0 Å². The molecule has 0 bridgehead atoms. The second-order valence-electron chi connectivity index (χ2n) is 6.79. The molecule has 0 N–H and O–H groups in total. The van der Waals surface area contributed by atoms with E-state index in [0.717, 1.165) is 37.2 Å². The van der Waals surface area contributed by atoms with Gasteiger partial charge in [-0.15, -0.1) is 22.7 Å². The number of hydrogen-bond donors (Lipinski definition) is 0. The maximum absolute atomic E-state index is 12.6. The number of benzene rings is 2. The van der Waals surface area contributed by atoms with Crippen molar-refractivity contribution in [2.45, 2.75) is 20.1 Å². The summed E-state index contributed by atoms with van der Waals surface area (Å²) in [6.07, 6.45) is 3.36. The number of aromatic nitrogens is 2. The van der Waals surface area contributed by atoms with Gasteiger partial charge in [0.25, 0.3) is 0 Å². The lowest BCUT2D eigenvalue weighted by Gasteiger charge is -2.13. The molecule has 5 nitrogen and oxygen atoms in total. The summed E-state index contributed by atoms with van der Waals surface area (Å²) in [5, 5.41) is 3.93. The maximum Gasteiger partial charge on any atom is 0.246 e. The van der Waals surface area contributed by atoms with Gasteiger partial charge in [0, 0.05) is 24.1 Å². The topological polar surface area (TPSA) is 55.3 Å². The van der Waals surface area contributed by atoms with Gasteiger partial charge < -0.3 is 9.64 Å². The summed E-state index contributed by atoms with van der Waals surface area (Å²) in [7, 11) is 1.78. The average molecular weight is 436 g/mol. The van der Waals surface area contributed by atoms with Crippen molar-refractivity contribution in [1.82, 2.24) is 14.9 Å². The van der Waals surface area contributed by atoms with Gasteiger partial charge in [0.1, 0.15) is 17.4 Å². The number of aryl methyl sites for hydroxylation is 1. The normalized spacial score (nSPS) is 11.3. The summed E-state index contributed by atoms with van der Waals surface area (Å²) in [5.41, 5.74) is 2.73. The Morgan fingerprint density at radius 3 is 2.73 bits per heavy atom. The molecule has 4 aromatic rings. The van der Waals surface area contributed by atoms with Gasteiger partial charge >= 0.3 is 0 Å². The highest BCUT2D eigenvalue weighted by Gasteiger charge is 2.10. The molecule has 0 aliphatic carbocycles. The molecule has 30 heavy (non-hydrogen) atoms. The van der Waals surface area contributed by atoms with Crippen LogP contribution in [0, 0.1) is 6.92 Å². The highest BCUT2D eigenvalue weighted by Crippen LogP contribution is 2.23. The molecular formula is C23H21N3O2S2. The van der Waals surface area contributed by atoms with E-state index in [1.807, 2.05) is 60.8 Å². The van der Waals surface area contributed by atoms with Crippen LogP contribution in [-0.2, 0) is 17.9 Å². The highest BCUT2D eigenvalue weighted by molar-refractivity contribution is 7.18. The number of fused-ring (bicyclic) bond motifs is 1. The lowest BCUT2D eigenvalue weighted by atomic mass is 10.2. The Morgan fingerprint density at radius 1 is 1.13 bits per heavy atom. The molecule has 0 fully saturated rings. The van der Waals surface area contributed by atoms with E-state index in [2.05, 4.69) is 9.97 Å². The first kappa shape index (κ1) is 20.3. The van der Waals surface area contributed by atoms with Gasteiger partial charge in [-0.3, -0.25) is 4.79 Å². The van der Waals surface area contributed by atoms with Crippen molar-refractivity contribution in [2.75, 3.05) is 7.05 Å². The molecule has 152 valence electrons. The third-order valence-electron chi connectivity index (χ3n) is 4.45. The molecule has 0 radical (unpaired) electrons. The number of thiazole rings is 2. The Balaban J connectivity index is 1.40. The van der Waals surface area contributed by atoms with Crippen LogP contribution in [0.5, 0.6) is 5.75 Å². The Hall–Kier alpha value is -3.03. The van der Waals surface area contributed by atoms with Crippen LogP contribution >= 0.6 is 22.7 Å². The monoisotopic (exact) mass is 435 g/mol. The fourth-order valence-corrected chi connectivity index (χ4v) is 4.55. The molecule has 0 saturated heterocycles. The van der Waals surface area contributed by atoms with Gasteiger partial charge in [-0.25, -0.2) is 9.97 Å². The van der Waals surface area contributed by atoms with Gasteiger partial charge in [0.2, 0.25) is 5.91 Å². The first-order chi connectivity index (χ1) is 14.6. The zero-order valence-electron chi connectivity index (χ0n) is 16.7. The summed E-state index contributed by atoms with van der Waals surface area (Å²) in [6, 6.07) is 15.7. The van der Waals surface area contributed by atoms with E-state index >= 15 is 0 Å². The highest BCUT2D eigenvalue weighted by atomic mass is 32.1.